The van der Waals surface area contributed by atoms with Gasteiger partial charge in [-0.05, 0) is 49.1 Å². The van der Waals surface area contributed by atoms with E-state index in [0.717, 1.165) is 41.7 Å². The third-order valence-electron chi connectivity index (χ3n) is 5.37. The lowest BCUT2D eigenvalue weighted by molar-refractivity contribution is -0.125. The molecule has 1 atom stereocenters. The third-order valence-corrected chi connectivity index (χ3v) is 5.37. The number of ether oxygens (including phenoxy) is 1. The monoisotopic (exact) mass is 397 g/mol. The van der Waals surface area contributed by atoms with Crippen molar-refractivity contribution in [3.05, 3.63) is 47.9 Å². The molecule has 1 fully saturated rings. The van der Waals surface area contributed by atoms with Crippen molar-refractivity contribution in [2.75, 3.05) is 31.6 Å². The number of piperidine rings is 1. The fraction of sp³-hybridized carbons (Fsp3) is 0.381. The summed E-state index contributed by atoms with van der Waals surface area (Å²) in [6.45, 7) is 1.98. The average Bonchev–Trinajstić information content (AvgIpc) is 3.16. The summed E-state index contributed by atoms with van der Waals surface area (Å²) in [6.07, 6.45) is 4.30. The molecular weight excluding hydrogens is 373 g/mol. The Morgan fingerprint density at radius 3 is 3.03 bits per heavy atom. The van der Waals surface area contributed by atoms with Gasteiger partial charge in [-0.1, -0.05) is 0 Å². The van der Waals surface area contributed by atoms with Crippen LogP contribution in [0.3, 0.4) is 0 Å². The highest BCUT2D eigenvalue weighted by Crippen LogP contribution is 2.23. The van der Waals surface area contributed by atoms with Crippen LogP contribution >= 0.6 is 0 Å². The van der Waals surface area contributed by atoms with Crippen molar-refractivity contribution in [3.63, 3.8) is 0 Å². The molecule has 3 aromatic rings. The van der Waals surface area contributed by atoms with E-state index in [4.69, 9.17) is 4.74 Å². The maximum absolute atomic E-state index is 13.5. The summed E-state index contributed by atoms with van der Waals surface area (Å²) < 4.78 is 18.5. The van der Waals surface area contributed by atoms with E-state index in [0.29, 0.717) is 25.4 Å². The molecule has 1 saturated heterocycles. The summed E-state index contributed by atoms with van der Waals surface area (Å²) in [4.78, 5) is 17.9. The van der Waals surface area contributed by atoms with Gasteiger partial charge in [0, 0.05) is 42.8 Å². The molecule has 7 nitrogen and oxygen atoms in total. The third kappa shape index (κ3) is 4.31. The van der Waals surface area contributed by atoms with Gasteiger partial charge < -0.3 is 19.9 Å². The van der Waals surface area contributed by atoms with Gasteiger partial charge in [-0.25, -0.2) is 4.39 Å². The molecule has 1 aromatic carbocycles. The maximum atomic E-state index is 13.5. The van der Waals surface area contributed by atoms with Crippen LogP contribution in [0.25, 0.3) is 10.9 Å². The van der Waals surface area contributed by atoms with Gasteiger partial charge in [-0.2, -0.15) is 0 Å². The van der Waals surface area contributed by atoms with Gasteiger partial charge in [0.15, 0.2) is 5.82 Å². The number of aromatic nitrogens is 3. The number of hydrogen-bond donors (Lipinski definition) is 2. The highest BCUT2D eigenvalue weighted by Gasteiger charge is 2.26. The number of fused-ring (bicyclic) bond motifs is 1. The Hall–Kier alpha value is -3.16. The lowest BCUT2D eigenvalue weighted by Crippen LogP contribution is -2.43. The topological polar surface area (TPSA) is 83.1 Å². The van der Waals surface area contributed by atoms with Crippen LogP contribution < -0.4 is 15.0 Å². The molecule has 0 spiro atoms. The van der Waals surface area contributed by atoms with E-state index in [1.54, 1.807) is 19.2 Å². The first-order chi connectivity index (χ1) is 14.1. The van der Waals surface area contributed by atoms with Gasteiger partial charge in [0.2, 0.25) is 11.8 Å². The fourth-order valence-corrected chi connectivity index (χ4v) is 3.81. The average molecular weight is 397 g/mol. The second-order valence-corrected chi connectivity index (χ2v) is 7.26. The molecule has 1 aliphatic rings. The van der Waals surface area contributed by atoms with E-state index >= 15 is 0 Å². The van der Waals surface area contributed by atoms with Crippen LogP contribution in [0.2, 0.25) is 0 Å². The molecule has 0 bridgehead atoms. The van der Waals surface area contributed by atoms with Crippen LogP contribution in [-0.2, 0) is 11.2 Å². The first-order valence-corrected chi connectivity index (χ1v) is 9.80. The van der Waals surface area contributed by atoms with Gasteiger partial charge in [-0.15, -0.1) is 10.2 Å². The van der Waals surface area contributed by atoms with E-state index in [-0.39, 0.29) is 17.6 Å². The zero-order valence-electron chi connectivity index (χ0n) is 16.3. The van der Waals surface area contributed by atoms with E-state index in [2.05, 4.69) is 25.4 Å². The molecule has 3 heterocycles. The second-order valence-electron chi connectivity index (χ2n) is 7.26. The smallest absolute Gasteiger partial charge is 0.233 e. The van der Waals surface area contributed by atoms with Crippen LogP contribution in [0.1, 0.15) is 18.4 Å². The highest BCUT2D eigenvalue weighted by atomic mass is 19.1. The normalized spacial score (nSPS) is 16.8. The summed E-state index contributed by atoms with van der Waals surface area (Å²) in [5.41, 5.74) is 1.90. The molecule has 0 saturated carbocycles. The minimum Gasteiger partial charge on any atom is -0.480 e. The predicted molar refractivity (Wildman–Crippen MR) is 108 cm³/mol. The number of rotatable bonds is 6. The van der Waals surface area contributed by atoms with Crippen molar-refractivity contribution >= 4 is 22.6 Å². The summed E-state index contributed by atoms with van der Waals surface area (Å²) in [5, 5.41) is 12.1. The number of nitrogens with one attached hydrogen (secondary N) is 2. The van der Waals surface area contributed by atoms with Crippen molar-refractivity contribution in [3.8, 4) is 5.88 Å². The molecule has 29 heavy (non-hydrogen) atoms. The molecule has 1 aliphatic heterocycles. The van der Waals surface area contributed by atoms with E-state index < -0.39 is 0 Å². The second kappa shape index (κ2) is 8.46. The van der Waals surface area contributed by atoms with Crippen molar-refractivity contribution in [2.24, 2.45) is 5.92 Å². The molecule has 1 amide bonds. The number of carbonyl (C=O) groups is 1. The minimum atomic E-state index is -0.258. The van der Waals surface area contributed by atoms with Crippen LogP contribution in [-0.4, -0.2) is 47.8 Å². The Kier molecular flexibility index (Phi) is 5.59. The summed E-state index contributed by atoms with van der Waals surface area (Å²) in [5.74, 6) is 0.919. The number of nitrogens with zero attached hydrogens (tertiary/aromatic N) is 3. The number of benzene rings is 1. The lowest BCUT2D eigenvalue weighted by Gasteiger charge is -2.32. The zero-order valence-corrected chi connectivity index (χ0v) is 16.3. The SMILES string of the molecule is COc1ccc(N2CCC[C@H](C(=O)NCCc3c[nH]c4ccc(F)cc34)C2)nn1. The molecule has 0 radical (unpaired) electrons. The number of hydrogen-bond acceptors (Lipinski definition) is 5. The van der Waals surface area contributed by atoms with Crippen molar-refractivity contribution in [1.82, 2.24) is 20.5 Å². The predicted octanol–water partition coefficient (Wildman–Crippen LogP) is 2.68. The van der Waals surface area contributed by atoms with Gasteiger partial charge in [-0.3, -0.25) is 4.79 Å². The Morgan fingerprint density at radius 2 is 2.24 bits per heavy atom. The van der Waals surface area contributed by atoms with Crippen LogP contribution in [0.4, 0.5) is 10.2 Å². The number of anilines is 1. The Bertz CT molecular complexity index is 988. The Balaban J connectivity index is 1.32. The highest BCUT2D eigenvalue weighted by molar-refractivity contribution is 5.83. The molecule has 2 aromatic heterocycles. The lowest BCUT2D eigenvalue weighted by atomic mass is 9.97. The van der Waals surface area contributed by atoms with Crippen molar-refractivity contribution < 1.29 is 13.9 Å². The number of methoxy groups -OCH3 is 1. The fourth-order valence-electron chi connectivity index (χ4n) is 3.81. The quantitative estimate of drug-likeness (QED) is 0.668. The summed E-state index contributed by atoms with van der Waals surface area (Å²) >= 11 is 0. The van der Waals surface area contributed by atoms with Crippen molar-refractivity contribution in [2.45, 2.75) is 19.3 Å². The molecule has 0 aliphatic carbocycles. The van der Waals surface area contributed by atoms with Crippen LogP contribution in [0.15, 0.2) is 36.5 Å². The first-order valence-electron chi connectivity index (χ1n) is 9.80. The van der Waals surface area contributed by atoms with Gasteiger partial charge >= 0.3 is 0 Å². The van der Waals surface area contributed by atoms with E-state index in [9.17, 15) is 9.18 Å². The molecule has 8 heteroatoms. The Labute approximate surface area is 168 Å². The van der Waals surface area contributed by atoms with Crippen LogP contribution in [0, 0.1) is 11.7 Å². The van der Waals surface area contributed by atoms with Crippen molar-refractivity contribution in [1.29, 1.82) is 0 Å². The summed E-state index contributed by atoms with van der Waals surface area (Å²) in [6, 6.07) is 8.33. The molecular formula is C21H24FN5O2. The molecule has 0 unspecified atom stereocenters. The number of H-pyrrole nitrogens is 1. The van der Waals surface area contributed by atoms with Gasteiger partial charge in [0.05, 0.1) is 13.0 Å². The molecule has 4 rings (SSSR count). The first kappa shape index (κ1) is 19.2. The number of amides is 1. The van der Waals surface area contributed by atoms with E-state index in [1.165, 1.54) is 12.1 Å². The van der Waals surface area contributed by atoms with E-state index in [1.807, 2.05) is 12.3 Å². The largest absolute Gasteiger partial charge is 0.480 e. The number of halogens is 1. The number of carbonyl (C=O) groups excluding carboxylic acids is 1. The maximum Gasteiger partial charge on any atom is 0.233 e. The van der Waals surface area contributed by atoms with Gasteiger partial charge in [0.1, 0.15) is 5.82 Å². The molecule has 2 N–H and O–H groups in total. The standard InChI is InChI=1S/C21H24FN5O2/c1-29-20-7-6-19(25-26-20)27-10-2-3-15(13-27)21(28)23-9-8-14-12-24-18-5-4-16(22)11-17(14)18/h4-7,11-12,15,24H,2-3,8-10,13H2,1H3,(H,23,28)/t15-/m0/s1. The summed E-state index contributed by atoms with van der Waals surface area (Å²) in [7, 11) is 1.55. The minimum absolute atomic E-state index is 0.0437. The van der Waals surface area contributed by atoms with Gasteiger partial charge in [0.25, 0.3) is 0 Å². The molecule has 152 valence electrons. The number of aromatic amines is 1. The zero-order chi connectivity index (χ0) is 20.2. The van der Waals surface area contributed by atoms with Crippen LogP contribution in [0.5, 0.6) is 5.88 Å². The Morgan fingerprint density at radius 1 is 1.34 bits per heavy atom.